The Balaban J connectivity index is 1.54. The van der Waals surface area contributed by atoms with Crippen LogP contribution in [0.5, 0.6) is 11.5 Å². The Kier molecular flexibility index (Phi) is 6.63. The number of benzene rings is 2. The van der Waals surface area contributed by atoms with Crippen molar-refractivity contribution >= 4 is 12.1 Å². The van der Waals surface area contributed by atoms with Gasteiger partial charge in [-0.25, -0.2) is 5.43 Å². The Morgan fingerprint density at radius 1 is 1.10 bits per heavy atom. The van der Waals surface area contributed by atoms with E-state index in [9.17, 15) is 4.79 Å². The van der Waals surface area contributed by atoms with Gasteiger partial charge in [-0.05, 0) is 43.7 Å². The number of aryl methyl sites for hydroxylation is 1. The molecule has 0 fully saturated rings. The van der Waals surface area contributed by atoms with Crippen LogP contribution in [0.3, 0.4) is 0 Å². The normalized spacial score (nSPS) is 10.9. The largest absolute Gasteiger partial charge is 0.497 e. The molecular weight excluding hydrogens is 368 g/mol. The van der Waals surface area contributed by atoms with E-state index >= 15 is 0 Å². The van der Waals surface area contributed by atoms with E-state index in [1.54, 1.807) is 37.6 Å². The van der Waals surface area contributed by atoms with Crippen molar-refractivity contribution in [2.45, 2.75) is 20.4 Å². The molecule has 1 heterocycles. The zero-order valence-electron chi connectivity index (χ0n) is 16.8. The van der Waals surface area contributed by atoms with Gasteiger partial charge in [-0.3, -0.25) is 9.48 Å². The van der Waals surface area contributed by atoms with Crippen molar-refractivity contribution < 1.29 is 14.3 Å². The molecular formula is C22H24N4O3. The molecule has 0 bridgehead atoms. The molecule has 7 heteroatoms. The van der Waals surface area contributed by atoms with E-state index in [1.165, 1.54) is 5.56 Å². The van der Waals surface area contributed by atoms with E-state index in [-0.39, 0.29) is 12.5 Å². The Hall–Kier alpha value is -3.61. The number of nitrogens with one attached hydrogen (secondary N) is 1. The fraction of sp³-hybridized carbons (Fsp3) is 0.227. The van der Waals surface area contributed by atoms with Gasteiger partial charge in [0.25, 0.3) is 5.91 Å². The van der Waals surface area contributed by atoms with Crippen LogP contribution in [-0.2, 0) is 11.3 Å². The number of carbonyl (C=O) groups excluding carboxylic acids is 1. The highest BCUT2D eigenvalue weighted by Gasteiger charge is 2.10. The van der Waals surface area contributed by atoms with Crippen molar-refractivity contribution in [3.63, 3.8) is 0 Å². The summed E-state index contributed by atoms with van der Waals surface area (Å²) in [6, 6.07) is 17.1. The molecule has 1 amide bonds. The summed E-state index contributed by atoms with van der Waals surface area (Å²) in [5, 5.41) is 8.62. The molecule has 7 nitrogen and oxygen atoms in total. The molecule has 0 atom stereocenters. The molecule has 2 aromatic carbocycles. The summed E-state index contributed by atoms with van der Waals surface area (Å²) in [6.45, 7) is 4.46. The van der Waals surface area contributed by atoms with Gasteiger partial charge < -0.3 is 9.47 Å². The zero-order chi connectivity index (χ0) is 20.6. The standard InChI is InChI=1S/C22H24N4O3/c1-16-21(17(2)26(25-16)14-18-7-5-4-6-8-18)13-23-24-22(27)15-29-20-11-9-19(28-3)10-12-20/h4-13H,14-15H2,1-3H3,(H,24,27)/b23-13+. The number of rotatable bonds is 8. The monoisotopic (exact) mass is 392 g/mol. The van der Waals surface area contributed by atoms with Gasteiger partial charge in [-0.1, -0.05) is 30.3 Å². The summed E-state index contributed by atoms with van der Waals surface area (Å²) in [7, 11) is 1.59. The molecule has 150 valence electrons. The first-order valence-corrected chi connectivity index (χ1v) is 9.23. The van der Waals surface area contributed by atoms with Crippen molar-refractivity contribution in [2.75, 3.05) is 13.7 Å². The molecule has 0 saturated heterocycles. The van der Waals surface area contributed by atoms with Crippen molar-refractivity contribution in [1.82, 2.24) is 15.2 Å². The van der Waals surface area contributed by atoms with E-state index in [1.807, 2.05) is 36.7 Å². The predicted octanol–water partition coefficient (Wildman–Crippen LogP) is 3.09. The predicted molar refractivity (Wildman–Crippen MR) is 111 cm³/mol. The minimum Gasteiger partial charge on any atom is -0.497 e. The van der Waals surface area contributed by atoms with E-state index in [0.29, 0.717) is 12.3 Å². The van der Waals surface area contributed by atoms with Crippen molar-refractivity contribution in [3.8, 4) is 11.5 Å². The van der Waals surface area contributed by atoms with Gasteiger partial charge in [0.1, 0.15) is 11.5 Å². The molecule has 0 saturated carbocycles. The van der Waals surface area contributed by atoms with Gasteiger partial charge in [0.05, 0.1) is 25.6 Å². The lowest BCUT2D eigenvalue weighted by atomic mass is 10.2. The van der Waals surface area contributed by atoms with Gasteiger partial charge >= 0.3 is 0 Å². The zero-order valence-corrected chi connectivity index (χ0v) is 16.8. The summed E-state index contributed by atoms with van der Waals surface area (Å²) in [5.74, 6) is 0.966. The molecule has 3 rings (SSSR count). The summed E-state index contributed by atoms with van der Waals surface area (Å²) in [4.78, 5) is 12.0. The summed E-state index contributed by atoms with van der Waals surface area (Å²) < 4.78 is 12.4. The van der Waals surface area contributed by atoms with Crippen LogP contribution in [0.4, 0.5) is 0 Å². The Morgan fingerprint density at radius 3 is 2.48 bits per heavy atom. The molecule has 3 aromatic rings. The highest BCUT2D eigenvalue weighted by atomic mass is 16.5. The van der Waals surface area contributed by atoms with Crippen LogP contribution in [0.25, 0.3) is 0 Å². The highest BCUT2D eigenvalue weighted by Crippen LogP contribution is 2.17. The molecule has 0 aliphatic rings. The third kappa shape index (κ3) is 5.44. The van der Waals surface area contributed by atoms with Crippen LogP contribution in [0.1, 0.15) is 22.5 Å². The number of ether oxygens (including phenoxy) is 2. The minimum atomic E-state index is -0.343. The fourth-order valence-electron chi connectivity index (χ4n) is 2.83. The van der Waals surface area contributed by atoms with Gasteiger partial charge in [0, 0.05) is 11.3 Å². The minimum absolute atomic E-state index is 0.130. The number of methoxy groups -OCH3 is 1. The lowest BCUT2D eigenvalue weighted by Crippen LogP contribution is -2.24. The third-order valence-electron chi connectivity index (χ3n) is 4.42. The maximum absolute atomic E-state index is 12.0. The third-order valence-corrected chi connectivity index (χ3v) is 4.42. The Morgan fingerprint density at radius 2 is 1.79 bits per heavy atom. The van der Waals surface area contributed by atoms with Crippen LogP contribution in [0.15, 0.2) is 59.7 Å². The van der Waals surface area contributed by atoms with Crippen molar-refractivity contribution in [3.05, 3.63) is 77.1 Å². The molecule has 0 aliphatic heterocycles. The van der Waals surface area contributed by atoms with Gasteiger partial charge in [-0.15, -0.1) is 0 Å². The first-order valence-electron chi connectivity index (χ1n) is 9.23. The summed E-state index contributed by atoms with van der Waals surface area (Å²) in [6.07, 6.45) is 1.62. The number of hydrogen-bond donors (Lipinski definition) is 1. The molecule has 29 heavy (non-hydrogen) atoms. The fourth-order valence-corrected chi connectivity index (χ4v) is 2.83. The SMILES string of the molecule is COc1ccc(OCC(=O)N/N=C/c2c(C)nn(Cc3ccccc3)c2C)cc1. The Labute approximate surface area is 170 Å². The molecule has 0 radical (unpaired) electrons. The summed E-state index contributed by atoms with van der Waals surface area (Å²) >= 11 is 0. The van der Waals surface area contributed by atoms with Crippen LogP contribution in [0.2, 0.25) is 0 Å². The smallest absolute Gasteiger partial charge is 0.277 e. The lowest BCUT2D eigenvalue weighted by molar-refractivity contribution is -0.123. The summed E-state index contributed by atoms with van der Waals surface area (Å²) in [5.41, 5.74) is 6.38. The second kappa shape index (κ2) is 9.54. The number of hydrogen-bond acceptors (Lipinski definition) is 5. The molecule has 1 N–H and O–H groups in total. The average Bonchev–Trinajstić information content (AvgIpc) is 3.00. The number of carbonyl (C=O) groups is 1. The second-order valence-electron chi connectivity index (χ2n) is 6.49. The molecule has 0 spiro atoms. The number of aromatic nitrogens is 2. The van der Waals surface area contributed by atoms with Crippen LogP contribution in [-0.4, -0.2) is 35.6 Å². The van der Waals surface area contributed by atoms with Crippen LogP contribution in [0, 0.1) is 13.8 Å². The number of hydrazone groups is 1. The Bertz CT molecular complexity index is 979. The number of nitrogens with zero attached hydrogens (tertiary/aromatic N) is 3. The molecule has 0 aliphatic carbocycles. The maximum atomic E-state index is 12.0. The first-order chi connectivity index (χ1) is 14.1. The van der Waals surface area contributed by atoms with Crippen LogP contribution < -0.4 is 14.9 Å². The van der Waals surface area contributed by atoms with E-state index in [2.05, 4.69) is 27.8 Å². The van der Waals surface area contributed by atoms with Crippen LogP contribution >= 0.6 is 0 Å². The maximum Gasteiger partial charge on any atom is 0.277 e. The quantitative estimate of drug-likeness (QED) is 0.472. The van der Waals surface area contributed by atoms with Crippen molar-refractivity contribution in [1.29, 1.82) is 0 Å². The topological polar surface area (TPSA) is 77.7 Å². The van der Waals surface area contributed by atoms with Gasteiger partial charge in [-0.2, -0.15) is 10.2 Å². The lowest BCUT2D eigenvalue weighted by Gasteiger charge is -2.06. The van der Waals surface area contributed by atoms with Gasteiger partial charge in [0.2, 0.25) is 0 Å². The van der Waals surface area contributed by atoms with Gasteiger partial charge in [0.15, 0.2) is 6.61 Å². The van der Waals surface area contributed by atoms with Crippen molar-refractivity contribution in [2.24, 2.45) is 5.10 Å². The van der Waals surface area contributed by atoms with E-state index < -0.39 is 0 Å². The second-order valence-corrected chi connectivity index (χ2v) is 6.49. The highest BCUT2D eigenvalue weighted by molar-refractivity contribution is 5.84. The number of amides is 1. The van der Waals surface area contributed by atoms with E-state index in [0.717, 1.165) is 22.7 Å². The first kappa shape index (κ1) is 20.1. The van der Waals surface area contributed by atoms with E-state index in [4.69, 9.17) is 9.47 Å². The average molecular weight is 392 g/mol. The molecule has 1 aromatic heterocycles. The molecule has 0 unspecified atom stereocenters.